The molecule has 3 rings (SSSR count). The van der Waals surface area contributed by atoms with Gasteiger partial charge in [0.15, 0.2) is 5.69 Å². The molecule has 3 aromatic rings. The van der Waals surface area contributed by atoms with Crippen molar-refractivity contribution in [3.8, 4) is 16.9 Å². The van der Waals surface area contributed by atoms with E-state index in [1.54, 1.807) is 35.5 Å². The highest BCUT2D eigenvalue weighted by Gasteiger charge is 2.18. The summed E-state index contributed by atoms with van der Waals surface area (Å²) in [7, 11) is 0. The highest BCUT2D eigenvalue weighted by molar-refractivity contribution is 5.97. The lowest BCUT2D eigenvalue weighted by atomic mass is 10.1. The van der Waals surface area contributed by atoms with E-state index in [2.05, 4.69) is 15.1 Å². The predicted octanol–water partition coefficient (Wildman–Crippen LogP) is 1.74. The van der Waals surface area contributed by atoms with Gasteiger partial charge in [-0.15, -0.1) is 0 Å². The zero-order valence-electron chi connectivity index (χ0n) is 11.4. The molecule has 0 unspecified atom stereocenters. The largest absolute Gasteiger partial charge is 0.364 e. The van der Waals surface area contributed by atoms with E-state index >= 15 is 0 Å². The maximum atomic E-state index is 11.7. The average Bonchev–Trinajstić information content (AvgIpc) is 2.94. The molecular formula is C15H13N5O. The third-order valence-electron chi connectivity index (χ3n) is 3.12. The van der Waals surface area contributed by atoms with Crippen LogP contribution in [0.3, 0.4) is 0 Å². The Morgan fingerprint density at radius 3 is 2.71 bits per heavy atom. The number of aryl methyl sites for hydroxylation is 1. The van der Waals surface area contributed by atoms with E-state index in [0.29, 0.717) is 11.3 Å². The average molecular weight is 279 g/mol. The summed E-state index contributed by atoms with van der Waals surface area (Å²) in [6.45, 7) is 1.93. The van der Waals surface area contributed by atoms with Crippen molar-refractivity contribution in [3.63, 3.8) is 0 Å². The van der Waals surface area contributed by atoms with Gasteiger partial charge >= 0.3 is 0 Å². The molecule has 3 aromatic heterocycles. The highest BCUT2D eigenvalue weighted by atomic mass is 16.1. The Balaban J connectivity index is 2.19. The molecule has 0 radical (unpaired) electrons. The minimum absolute atomic E-state index is 0.195. The van der Waals surface area contributed by atoms with Crippen LogP contribution in [0.4, 0.5) is 0 Å². The van der Waals surface area contributed by atoms with Crippen LogP contribution in [0.5, 0.6) is 0 Å². The van der Waals surface area contributed by atoms with E-state index in [9.17, 15) is 4.79 Å². The zero-order chi connectivity index (χ0) is 14.8. The molecule has 3 heterocycles. The minimum Gasteiger partial charge on any atom is -0.364 e. The topological polar surface area (TPSA) is 86.7 Å². The number of nitrogens with zero attached hydrogens (tertiary/aromatic N) is 4. The molecule has 0 saturated carbocycles. The van der Waals surface area contributed by atoms with E-state index in [0.717, 1.165) is 11.3 Å². The molecule has 0 aliphatic rings. The molecule has 0 atom stereocenters. The minimum atomic E-state index is -0.585. The Morgan fingerprint density at radius 2 is 2.05 bits per heavy atom. The normalized spacial score (nSPS) is 10.5. The summed E-state index contributed by atoms with van der Waals surface area (Å²) in [4.78, 5) is 20.0. The first-order chi connectivity index (χ1) is 10.2. The Hall–Kier alpha value is -3.02. The first kappa shape index (κ1) is 13.0. The maximum Gasteiger partial charge on any atom is 0.269 e. The SMILES string of the molecule is Cc1cccnc1-c1cn(-c2cccnc2)nc1C(N)=O. The van der Waals surface area contributed by atoms with Crippen LogP contribution in [0.2, 0.25) is 0 Å². The van der Waals surface area contributed by atoms with Crippen molar-refractivity contribution in [2.45, 2.75) is 6.92 Å². The smallest absolute Gasteiger partial charge is 0.269 e. The van der Waals surface area contributed by atoms with Gasteiger partial charge in [0.25, 0.3) is 5.91 Å². The number of aromatic nitrogens is 4. The summed E-state index contributed by atoms with van der Waals surface area (Å²) in [6, 6.07) is 7.41. The summed E-state index contributed by atoms with van der Waals surface area (Å²) in [5.74, 6) is -0.585. The van der Waals surface area contributed by atoms with E-state index in [4.69, 9.17) is 5.73 Å². The van der Waals surface area contributed by atoms with Crippen molar-refractivity contribution in [1.82, 2.24) is 19.7 Å². The van der Waals surface area contributed by atoms with Crippen LogP contribution in [0, 0.1) is 6.92 Å². The number of nitrogens with two attached hydrogens (primary N) is 1. The number of hydrogen-bond acceptors (Lipinski definition) is 4. The molecule has 0 spiro atoms. The summed E-state index contributed by atoms with van der Waals surface area (Å²) in [6.07, 6.45) is 6.75. The van der Waals surface area contributed by atoms with Gasteiger partial charge < -0.3 is 5.73 Å². The van der Waals surface area contributed by atoms with Crippen LogP contribution in [0.25, 0.3) is 16.9 Å². The Kier molecular flexibility index (Phi) is 3.19. The van der Waals surface area contributed by atoms with Crippen molar-refractivity contribution < 1.29 is 4.79 Å². The molecule has 0 aliphatic carbocycles. The Morgan fingerprint density at radius 1 is 1.24 bits per heavy atom. The second kappa shape index (κ2) is 5.16. The molecule has 1 amide bonds. The molecule has 0 saturated heterocycles. The monoisotopic (exact) mass is 279 g/mol. The summed E-state index contributed by atoms with van der Waals surface area (Å²) >= 11 is 0. The van der Waals surface area contributed by atoms with E-state index < -0.39 is 5.91 Å². The fourth-order valence-electron chi connectivity index (χ4n) is 2.12. The number of carbonyl (C=O) groups is 1. The van der Waals surface area contributed by atoms with Gasteiger partial charge in [-0.2, -0.15) is 5.10 Å². The van der Waals surface area contributed by atoms with Gasteiger partial charge in [0.2, 0.25) is 0 Å². The molecule has 104 valence electrons. The van der Waals surface area contributed by atoms with Gasteiger partial charge in [0.1, 0.15) is 0 Å². The number of amides is 1. The molecule has 2 N–H and O–H groups in total. The number of pyridine rings is 2. The lowest BCUT2D eigenvalue weighted by Crippen LogP contribution is -2.13. The quantitative estimate of drug-likeness (QED) is 0.791. The van der Waals surface area contributed by atoms with Crippen molar-refractivity contribution in [2.75, 3.05) is 0 Å². The fraction of sp³-hybridized carbons (Fsp3) is 0.0667. The number of rotatable bonds is 3. The Labute approximate surface area is 121 Å². The summed E-state index contributed by atoms with van der Waals surface area (Å²) in [5.41, 5.74) is 8.64. The molecular weight excluding hydrogens is 266 g/mol. The van der Waals surface area contributed by atoms with Crippen LogP contribution < -0.4 is 5.73 Å². The lowest BCUT2D eigenvalue weighted by molar-refractivity contribution is 0.0995. The molecule has 0 bridgehead atoms. The summed E-state index contributed by atoms with van der Waals surface area (Å²) in [5, 5.41) is 4.26. The van der Waals surface area contributed by atoms with E-state index in [1.165, 1.54) is 0 Å². The van der Waals surface area contributed by atoms with Crippen LogP contribution in [-0.4, -0.2) is 25.7 Å². The number of hydrogen-bond donors (Lipinski definition) is 1. The van der Waals surface area contributed by atoms with Crippen LogP contribution in [0.15, 0.2) is 49.1 Å². The van der Waals surface area contributed by atoms with Gasteiger partial charge in [-0.25, -0.2) is 4.68 Å². The predicted molar refractivity (Wildman–Crippen MR) is 77.8 cm³/mol. The molecule has 0 aromatic carbocycles. The van der Waals surface area contributed by atoms with Crippen molar-refractivity contribution in [3.05, 3.63) is 60.3 Å². The third kappa shape index (κ3) is 2.38. The van der Waals surface area contributed by atoms with Gasteiger partial charge in [0, 0.05) is 18.6 Å². The van der Waals surface area contributed by atoms with E-state index in [-0.39, 0.29) is 5.69 Å². The van der Waals surface area contributed by atoms with Crippen LogP contribution in [-0.2, 0) is 0 Å². The first-order valence-electron chi connectivity index (χ1n) is 6.38. The fourth-order valence-corrected chi connectivity index (χ4v) is 2.12. The van der Waals surface area contributed by atoms with Gasteiger partial charge in [-0.1, -0.05) is 6.07 Å². The second-order valence-corrected chi connectivity index (χ2v) is 4.58. The molecule has 21 heavy (non-hydrogen) atoms. The number of carbonyl (C=O) groups excluding carboxylic acids is 1. The van der Waals surface area contributed by atoms with Crippen molar-refractivity contribution in [1.29, 1.82) is 0 Å². The summed E-state index contributed by atoms with van der Waals surface area (Å²) < 4.78 is 1.58. The van der Waals surface area contributed by atoms with Gasteiger partial charge in [-0.05, 0) is 30.7 Å². The van der Waals surface area contributed by atoms with Crippen molar-refractivity contribution >= 4 is 5.91 Å². The second-order valence-electron chi connectivity index (χ2n) is 4.58. The number of primary amides is 1. The third-order valence-corrected chi connectivity index (χ3v) is 3.12. The standard InChI is InChI=1S/C15H13N5O/c1-10-4-2-7-18-13(10)12-9-20(19-14(12)15(16)21)11-5-3-6-17-8-11/h2-9H,1H3,(H2,16,21). The lowest BCUT2D eigenvalue weighted by Gasteiger charge is -2.02. The highest BCUT2D eigenvalue weighted by Crippen LogP contribution is 2.25. The Bertz CT molecular complexity index is 795. The van der Waals surface area contributed by atoms with Crippen LogP contribution in [0.1, 0.15) is 16.1 Å². The molecule has 6 nitrogen and oxygen atoms in total. The van der Waals surface area contributed by atoms with Gasteiger partial charge in [-0.3, -0.25) is 14.8 Å². The van der Waals surface area contributed by atoms with Crippen LogP contribution >= 0.6 is 0 Å². The molecule has 6 heteroatoms. The van der Waals surface area contributed by atoms with E-state index in [1.807, 2.05) is 25.1 Å². The van der Waals surface area contributed by atoms with Gasteiger partial charge in [0.05, 0.1) is 23.1 Å². The molecule has 0 aliphatic heterocycles. The molecule has 0 fully saturated rings. The zero-order valence-corrected chi connectivity index (χ0v) is 11.4. The maximum absolute atomic E-state index is 11.7. The first-order valence-corrected chi connectivity index (χ1v) is 6.38. The van der Waals surface area contributed by atoms with Crippen molar-refractivity contribution in [2.24, 2.45) is 5.73 Å².